The minimum Gasteiger partial charge on any atom is -0.453 e. The van der Waals surface area contributed by atoms with E-state index in [1.54, 1.807) is 26.0 Å². The molecule has 7 heteroatoms. The van der Waals surface area contributed by atoms with Crippen molar-refractivity contribution in [2.24, 2.45) is 0 Å². The van der Waals surface area contributed by atoms with E-state index in [0.29, 0.717) is 28.5 Å². The summed E-state index contributed by atoms with van der Waals surface area (Å²) in [6, 6.07) is 5.75. The minimum atomic E-state index is -3.19. The zero-order chi connectivity index (χ0) is 17.4. The predicted octanol–water partition coefficient (Wildman–Crippen LogP) is 2.78. The zero-order valence-corrected chi connectivity index (χ0v) is 14.7. The number of hydrogen-bond donors (Lipinski definition) is 0. The van der Waals surface area contributed by atoms with E-state index in [1.807, 2.05) is 13.8 Å². The maximum absolute atomic E-state index is 11.5. The average molecular weight is 333 g/mol. The molecule has 1 heterocycles. The molecule has 0 fully saturated rings. The van der Waals surface area contributed by atoms with Gasteiger partial charge in [-0.05, 0) is 51.0 Å². The second-order valence-electron chi connectivity index (χ2n) is 5.70. The van der Waals surface area contributed by atoms with Crippen LogP contribution >= 0.6 is 0 Å². The number of nitriles is 1. The van der Waals surface area contributed by atoms with E-state index in [-0.39, 0.29) is 5.88 Å². The Kier molecular flexibility index (Phi) is 4.48. The smallest absolute Gasteiger partial charge is 0.171 e. The molecular weight excluding hydrogens is 314 g/mol. The number of aryl methyl sites for hydroxylation is 3. The summed E-state index contributed by atoms with van der Waals surface area (Å²) in [5, 5.41) is 13.3. The Balaban J connectivity index is 2.40. The van der Waals surface area contributed by atoms with Crippen molar-refractivity contribution < 1.29 is 13.2 Å². The molecule has 0 atom stereocenters. The molecule has 0 aliphatic rings. The second-order valence-corrected chi connectivity index (χ2v) is 7.81. The van der Waals surface area contributed by atoms with E-state index in [4.69, 9.17) is 10.00 Å². The molecule has 0 saturated carbocycles. The third-order valence-electron chi connectivity index (χ3n) is 3.51. The molecule has 0 unspecified atom stereocenters. The van der Waals surface area contributed by atoms with E-state index in [0.717, 1.165) is 17.4 Å². The van der Waals surface area contributed by atoms with Gasteiger partial charge in [-0.25, -0.2) is 8.42 Å². The molecule has 6 nitrogen and oxygen atoms in total. The normalized spacial score (nSPS) is 11.3. The first-order chi connectivity index (χ1) is 10.6. The van der Waals surface area contributed by atoms with Crippen LogP contribution in [0.4, 0.5) is 0 Å². The highest BCUT2D eigenvalue weighted by Gasteiger charge is 2.17. The van der Waals surface area contributed by atoms with Gasteiger partial charge in [-0.3, -0.25) is 4.68 Å². The lowest BCUT2D eigenvalue weighted by molar-refractivity contribution is 0.473. The number of nitrogens with zero attached hydrogens (tertiary/aromatic N) is 3. The van der Waals surface area contributed by atoms with Crippen molar-refractivity contribution in [3.8, 4) is 17.6 Å². The maximum atomic E-state index is 11.5. The number of hydrogen-bond acceptors (Lipinski definition) is 5. The Hall–Kier alpha value is -2.33. The number of rotatable bonds is 4. The first kappa shape index (κ1) is 17.0. The number of aromatic nitrogens is 2. The Morgan fingerprint density at radius 2 is 1.78 bits per heavy atom. The number of sulfone groups is 1. The number of benzene rings is 1. The fourth-order valence-electron chi connectivity index (χ4n) is 2.45. The molecule has 2 aromatic rings. The van der Waals surface area contributed by atoms with E-state index < -0.39 is 9.84 Å². The maximum Gasteiger partial charge on any atom is 0.171 e. The van der Waals surface area contributed by atoms with Gasteiger partial charge in [0.05, 0.1) is 17.3 Å². The lowest BCUT2D eigenvalue weighted by Crippen LogP contribution is -2.11. The van der Waals surface area contributed by atoms with Crippen molar-refractivity contribution in [1.29, 1.82) is 5.26 Å². The van der Waals surface area contributed by atoms with Gasteiger partial charge in [0.2, 0.25) is 0 Å². The Bertz CT molecular complexity index is 882. The van der Waals surface area contributed by atoms with Gasteiger partial charge in [0, 0.05) is 6.26 Å². The highest BCUT2D eigenvalue weighted by atomic mass is 32.2. The lowest BCUT2D eigenvalue weighted by atomic mass is 10.0. The largest absolute Gasteiger partial charge is 0.453 e. The molecule has 2 rings (SSSR count). The topological polar surface area (TPSA) is 85.0 Å². The summed E-state index contributed by atoms with van der Waals surface area (Å²) in [6.45, 7) is 7.24. The van der Waals surface area contributed by atoms with Gasteiger partial charge in [0.25, 0.3) is 0 Å². The van der Waals surface area contributed by atoms with Crippen molar-refractivity contribution in [3.63, 3.8) is 0 Å². The quantitative estimate of drug-likeness (QED) is 0.859. The number of ether oxygens (including phenoxy) is 1. The van der Waals surface area contributed by atoms with Crippen LogP contribution in [0.15, 0.2) is 12.1 Å². The molecule has 0 N–H and O–H groups in total. The van der Waals surface area contributed by atoms with E-state index in [1.165, 1.54) is 4.68 Å². The summed E-state index contributed by atoms with van der Waals surface area (Å²) >= 11 is 0. The molecule has 1 aromatic heterocycles. The Morgan fingerprint density at radius 1 is 1.22 bits per heavy atom. The Morgan fingerprint density at radius 3 is 2.26 bits per heavy atom. The van der Waals surface area contributed by atoms with E-state index >= 15 is 0 Å². The third-order valence-corrected chi connectivity index (χ3v) is 4.22. The van der Waals surface area contributed by atoms with Crippen molar-refractivity contribution in [2.45, 2.75) is 33.6 Å². The van der Waals surface area contributed by atoms with Gasteiger partial charge in [0.1, 0.15) is 17.3 Å². The van der Waals surface area contributed by atoms with E-state index in [9.17, 15) is 8.42 Å². The SMILES string of the molecule is Cc1cc(Oc2c(C)nn(CS(C)(=O)=O)c2C)cc(C)c1C#N. The van der Waals surface area contributed by atoms with Gasteiger partial charge in [-0.15, -0.1) is 0 Å². The van der Waals surface area contributed by atoms with Gasteiger partial charge in [-0.1, -0.05) is 0 Å². The van der Waals surface area contributed by atoms with Crippen LogP contribution in [0.2, 0.25) is 0 Å². The molecule has 0 aliphatic carbocycles. The predicted molar refractivity (Wildman–Crippen MR) is 87.2 cm³/mol. The van der Waals surface area contributed by atoms with Crippen molar-refractivity contribution in [2.75, 3.05) is 6.26 Å². The fraction of sp³-hybridized carbons (Fsp3) is 0.375. The average Bonchev–Trinajstić information content (AvgIpc) is 2.64. The molecule has 23 heavy (non-hydrogen) atoms. The highest BCUT2D eigenvalue weighted by Crippen LogP contribution is 2.31. The first-order valence-electron chi connectivity index (χ1n) is 7.03. The minimum absolute atomic E-state index is 0.186. The van der Waals surface area contributed by atoms with Gasteiger partial charge in [-0.2, -0.15) is 10.4 Å². The highest BCUT2D eigenvalue weighted by molar-refractivity contribution is 7.89. The summed E-state index contributed by atoms with van der Waals surface area (Å²) in [5.74, 6) is 0.954. The summed E-state index contributed by atoms with van der Waals surface area (Å²) in [4.78, 5) is 0. The summed E-state index contributed by atoms with van der Waals surface area (Å²) < 4.78 is 30.2. The fourth-order valence-corrected chi connectivity index (χ4v) is 3.15. The third kappa shape index (κ3) is 3.71. The van der Waals surface area contributed by atoms with Crippen molar-refractivity contribution in [3.05, 3.63) is 40.2 Å². The van der Waals surface area contributed by atoms with Crippen LogP contribution < -0.4 is 4.74 Å². The van der Waals surface area contributed by atoms with Crippen molar-refractivity contribution in [1.82, 2.24) is 9.78 Å². The first-order valence-corrected chi connectivity index (χ1v) is 9.09. The van der Waals surface area contributed by atoms with Crippen LogP contribution in [-0.2, 0) is 15.7 Å². The van der Waals surface area contributed by atoms with Crippen molar-refractivity contribution >= 4 is 9.84 Å². The summed E-state index contributed by atoms with van der Waals surface area (Å²) in [6.07, 6.45) is 1.16. The molecule has 0 aliphatic heterocycles. The molecular formula is C16H19N3O3S. The van der Waals surface area contributed by atoms with Crippen LogP contribution in [0, 0.1) is 39.0 Å². The molecule has 1 aromatic carbocycles. The van der Waals surface area contributed by atoms with Crippen LogP contribution in [0.1, 0.15) is 28.1 Å². The zero-order valence-electron chi connectivity index (χ0n) is 13.8. The molecule has 122 valence electrons. The van der Waals surface area contributed by atoms with Crippen LogP contribution in [0.5, 0.6) is 11.5 Å². The van der Waals surface area contributed by atoms with Crippen LogP contribution in [0.3, 0.4) is 0 Å². The van der Waals surface area contributed by atoms with E-state index in [2.05, 4.69) is 11.2 Å². The molecule has 0 saturated heterocycles. The monoisotopic (exact) mass is 333 g/mol. The van der Waals surface area contributed by atoms with Gasteiger partial charge in [0.15, 0.2) is 15.6 Å². The summed E-state index contributed by atoms with van der Waals surface area (Å²) in [5.41, 5.74) is 3.57. The standard InChI is InChI=1S/C16H19N3O3S/c1-10-6-14(7-11(2)15(10)8-17)22-16-12(3)18-19(13(16)4)9-23(5,20)21/h6-7H,9H2,1-5H3. The molecule has 0 amide bonds. The molecule has 0 radical (unpaired) electrons. The lowest BCUT2D eigenvalue weighted by Gasteiger charge is -2.10. The van der Waals surface area contributed by atoms with Gasteiger partial charge >= 0.3 is 0 Å². The Labute approximate surface area is 136 Å². The second kappa shape index (κ2) is 6.05. The molecule has 0 spiro atoms. The van der Waals surface area contributed by atoms with Gasteiger partial charge < -0.3 is 4.74 Å². The molecule has 0 bridgehead atoms. The van der Waals surface area contributed by atoms with Crippen LogP contribution in [0.25, 0.3) is 0 Å². The van der Waals surface area contributed by atoms with Crippen LogP contribution in [-0.4, -0.2) is 24.5 Å². The summed E-state index contributed by atoms with van der Waals surface area (Å²) in [7, 11) is -3.19.